The van der Waals surface area contributed by atoms with Crippen LogP contribution in [0.3, 0.4) is 0 Å². The average molecular weight is 1930 g/mol. The van der Waals surface area contributed by atoms with E-state index in [1.54, 1.807) is 201 Å². The van der Waals surface area contributed by atoms with Gasteiger partial charge in [0.2, 0.25) is 29.5 Å². The smallest absolute Gasteiger partial charge is 0.275 e. The Morgan fingerprint density at radius 3 is 1.22 bits per heavy atom. The van der Waals surface area contributed by atoms with Gasteiger partial charge in [-0.25, -0.2) is 55.6 Å². The molecule has 12 aromatic rings. The van der Waals surface area contributed by atoms with Crippen molar-refractivity contribution < 1.29 is 75.4 Å². The molecule has 2 atom stereocenters. The molecule has 4 saturated heterocycles. The average Bonchev–Trinajstić information content (AvgIpc) is 1.59. The second-order valence-corrected chi connectivity index (χ2v) is 40.0. The number of imidazole rings is 4. The van der Waals surface area contributed by atoms with Crippen molar-refractivity contribution in [1.82, 2.24) is 113 Å². The molecule has 16 rings (SSSR count). The lowest BCUT2D eigenvalue weighted by Gasteiger charge is -2.45. The molecule has 0 aliphatic carbocycles. The van der Waals surface area contributed by atoms with Gasteiger partial charge in [-0.15, -0.1) is 0 Å². The molecule has 39 heteroatoms. The molecule has 4 aliphatic heterocycles. The molecule has 3 N–H and O–H groups in total. The van der Waals surface area contributed by atoms with Gasteiger partial charge in [0.15, 0.2) is 28.8 Å². The minimum absolute atomic E-state index is 0.0311. The molecule has 0 spiro atoms. The van der Waals surface area contributed by atoms with Crippen LogP contribution in [0.5, 0.6) is 0 Å². The highest BCUT2D eigenvalue weighted by molar-refractivity contribution is 6.02. The summed E-state index contributed by atoms with van der Waals surface area (Å²) in [5.74, 6) is -4.03. The molecule has 35 nitrogen and oxygen atoms in total. The number of nitrogens with one attached hydrogen (secondary N) is 2. The number of carbonyl (C=O) groups excluding carboxylic acids is 10. The number of rotatable bonds is 18. The third-order valence-corrected chi connectivity index (χ3v) is 25.7. The number of halogens is 4. The van der Waals surface area contributed by atoms with Crippen molar-refractivity contribution in [1.29, 1.82) is 0 Å². The van der Waals surface area contributed by atoms with Crippen LogP contribution in [0.1, 0.15) is 181 Å². The standard InChI is InChI=1S/C27H33FN6O3.C25H29FN6O3.C25H31FN6O3.C24H28FN5O3/c1-26(2,3)19-14-20(17-8-10-18(28)11-9-17)30-34-15-21(29-23(19)34)24(36)33-13-12-32(16-22(35)31(6)7)25(37)27(33,4)5;1-24(2,23(35)30(5)6)17-13-18(15-7-9-16(26)10-8-15)29-32-14-19(28-20(17)32)21(33)31-12-11-27-22(34)25(31,3)4;1-15(2)19-12-20(17-6-8-18(26)9-7-17)28-32-14-21(27-22(19)32)23(33)31-11-10-30(13-16(31)3)25(35)24(34)29(4)5;1-23(2,14-33-5)17-12-18(15-6-8-16(25)9-7-15)28-30-13-19(27-20(17)30)21(31)29-11-10-26-22(32)24(29,3)4/h8-11,14-15H,12-13,16H2,1-7H3;7-10,13-14H,11-12H2,1-6H3,(H,27,34);6-9,12,14-16,24,34H,10-11,13H2,1-5H3;6-9,12-13H,10-11,14H2,1-5H3,(H,26,32)/t;;16-,24?;/m..1./s1. The van der Waals surface area contributed by atoms with Crippen LogP contribution in [-0.2, 0) is 49.7 Å². The number of benzene rings is 4. The van der Waals surface area contributed by atoms with Crippen LogP contribution >= 0.6 is 0 Å². The monoisotopic (exact) mass is 1920 g/mol. The Morgan fingerprint density at radius 2 is 0.843 bits per heavy atom. The molecule has 10 amide bonds. The third-order valence-electron chi connectivity index (χ3n) is 25.7. The molecule has 4 aliphatic rings. The van der Waals surface area contributed by atoms with E-state index in [1.807, 2.05) is 73.6 Å². The van der Waals surface area contributed by atoms with E-state index < -0.39 is 39.6 Å². The number of ether oxygens (including phenoxy) is 1. The van der Waals surface area contributed by atoms with Crippen molar-refractivity contribution in [3.8, 4) is 45.0 Å². The zero-order chi connectivity index (χ0) is 102. The molecule has 4 aromatic carbocycles. The highest BCUT2D eigenvalue weighted by Crippen LogP contribution is 2.38. The van der Waals surface area contributed by atoms with Crippen molar-refractivity contribution in [2.45, 2.75) is 162 Å². The number of aliphatic hydroxyl groups excluding tert-OH is 1. The van der Waals surface area contributed by atoms with Gasteiger partial charge >= 0.3 is 0 Å². The van der Waals surface area contributed by atoms with E-state index in [0.29, 0.717) is 109 Å². The summed E-state index contributed by atoms with van der Waals surface area (Å²) < 4.78 is 65.5. The second-order valence-electron chi connectivity index (χ2n) is 40.0. The number of aliphatic hydroxyl groups is 1. The first-order valence-electron chi connectivity index (χ1n) is 46.0. The predicted octanol–water partition coefficient (Wildman–Crippen LogP) is 10.3. The lowest BCUT2D eigenvalue weighted by molar-refractivity contribution is -0.150. The first-order valence-corrected chi connectivity index (χ1v) is 46.0. The van der Waals surface area contributed by atoms with Crippen LogP contribution in [0.2, 0.25) is 0 Å². The lowest BCUT2D eigenvalue weighted by Crippen LogP contribution is -2.65. The van der Waals surface area contributed by atoms with Gasteiger partial charge in [0.1, 0.15) is 62.7 Å². The van der Waals surface area contributed by atoms with Crippen LogP contribution < -0.4 is 10.6 Å². The third kappa shape index (κ3) is 21.3. The topological polar surface area (TPSA) is 374 Å². The lowest BCUT2D eigenvalue weighted by atomic mass is 9.83. The highest BCUT2D eigenvalue weighted by Gasteiger charge is 2.48. The Labute approximate surface area is 808 Å². The number of piperazine rings is 4. The van der Waals surface area contributed by atoms with Gasteiger partial charge in [-0.2, -0.15) is 20.4 Å². The normalized spacial score (nSPS) is 16.3. The van der Waals surface area contributed by atoms with Crippen LogP contribution in [0.15, 0.2) is 146 Å². The van der Waals surface area contributed by atoms with E-state index in [9.17, 15) is 70.6 Å². The summed E-state index contributed by atoms with van der Waals surface area (Å²) >= 11 is 0. The number of nitrogens with zero attached hydrogens (tertiary/aromatic N) is 21. The van der Waals surface area contributed by atoms with Crippen molar-refractivity contribution in [2.24, 2.45) is 0 Å². The van der Waals surface area contributed by atoms with Crippen LogP contribution in [0, 0.1) is 23.3 Å². The summed E-state index contributed by atoms with van der Waals surface area (Å²) in [5.41, 5.74) is 6.40. The quantitative estimate of drug-likeness (QED) is 0.0531. The Kier molecular flexibility index (Phi) is 29.6. The maximum absolute atomic E-state index is 13.7. The highest BCUT2D eigenvalue weighted by atomic mass is 19.1. The summed E-state index contributed by atoms with van der Waals surface area (Å²) in [5, 5.41) is 34.2. The predicted molar refractivity (Wildman–Crippen MR) is 516 cm³/mol. The Bertz CT molecular complexity index is 6760. The zero-order valence-corrected chi connectivity index (χ0v) is 83.2. The maximum Gasteiger partial charge on any atom is 0.275 e. The fourth-order valence-electron chi connectivity index (χ4n) is 17.3. The van der Waals surface area contributed by atoms with E-state index in [4.69, 9.17) is 4.74 Å². The number of amides is 10. The van der Waals surface area contributed by atoms with Crippen LogP contribution in [0.4, 0.5) is 17.6 Å². The number of hydrogen-bond acceptors (Lipinski definition) is 21. The van der Waals surface area contributed by atoms with Gasteiger partial charge in [-0.1, -0.05) is 48.5 Å². The first kappa shape index (κ1) is 103. The molecule has 0 radical (unpaired) electrons. The van der Waals surface area contributed by atoms with E-state index in [2.05, 4.69) is 51.0 Å². The number of fused-ring (bicyclic) bond motifs is 4. The van der Waals surface area contributed by atoms with E-state index in [1.165, 1.54) is 93.5 Å². The zero-order valence-electron chi connectivity index (χ0n) is 83.2. The van der Waals surface area contributed by atoms with Gasteiger partial charge in [-0.05, 0) is 209 Å². The first-order chi connectivity index (χ1) is 65.6. The summed E-state index contributed by atoms with van der Waals surface area (Å²) in [7, 11) is 11.5. The van der Waals surface area contributed by atoms with Crippen molar-refractivity contribution in [3.63, 3.8) is 0 Å². The Morgan fingerprint density at radius 1 is 0.479 bits per heavy atom. The Balaban J connectivity index is 0.000000157. The SMILES string of the molecule is CC(C)c1cc(-c2ccc(F)cc2)nn2cc(C(=O)N3CCN(C(=O)C(O)N(C)C)C[C@H]3C)nc12.CN(C)C(=O)C(C)(C)c1cc(-c2ccc(F)cc2)nn2cc(C(=O)N3CCNC(=O)C3(C)C)nc12.CN(C)C(=O)CN1CCN(C(=O)c2cn3nc(-c4ccc(F)cc4)cc(C(C)(C)C)c3n2)C(C)(C)C1=O.COCC(C)(C)c1cc(-c2ccc(F)cc2)nn2cc(C(=O)N3CCNC(=O)C3(C)C)nc12. The van der Waals surface area contributed by atoms with Crippen LogP contribution in [-0.4, -0.2) is 317 Å². The van der Waals surface area contributed by atoms with Gasteiger partial charge in [0.05, 0.1) is 66.1 Å². The fraction of sp³-hybridized carbons (Fsp3) is 0.426. The largest absolute Gasteiger partial charge is 0.384 e. The summed E-state index contributed by atoms with van der Waals surface area (Å²) in [6.45, 7) is 33.3. The summed E-state index contributed by atoms with van der Waals surface area (Å²) in [6, 6.07) is 31.4. The number of methoxy groups -OCH3 is 1. The molecule has 4 fully saturated rings. The molecule has 12 heterocycles. The number of carbonyl (C=O) groups is 10. The molecule has 140 heavy (non-hydrogen) atoms. The Hall–Kier alpha value is -14.3. The van der Waals surface area contributed by atoms with Crippen molar-refractivity contribution in [2.75, 3.05) is 121 Å². The van der Waals surface area contributed by atoms with Gasteiger partial charge in [-0.3, -0.25) is 52.8 Å². The van der Waals surface area contributed by atoms with Gasteiger partial charge in [0.25, 0.3) is 29.5 Å². The minimum Gasteiger partial charge on any atom is -0.384 e. The van der Waals surface area contributed by atoms with E-state index >= 15 is 0 Å². The number of likely N-dealkylation sites (N-methyl/N-ethyl adjacent to an activating group) is 3. The molecule has 740 valence electrons. The summed E-state index contributed by atoms with van der Waals surface area (Å²) in [6.07, 6.45) is 5.07. The number of aromatic nitrogens is 12. The fourth-order valence-corrected chi connectivity index (χ4v) is 17.3. The molecule has 1 unspecified atom stereocenters. The van der Waals surface area contributed by atoms with Gasteiger partial charge < -0.3 is 59.7 Å². The molecular weight excluding hydrogens is 1800 g/mol. The van der Waals surface area contributed by atoms with Crippen molar-refractivity contribution >= 4 is 81.7 Å². The molecule has 0 bridgehead atoms. The molecular formula is C101H121F4N23O12. The molecule has 8 aromatic heterocycles. The second kappa shape index (κ2) is 40.2. The van der Waals surface area contributed by atoms with Crippen LogP contribution in [0.25, 0.3) is 67.6 Å². The number of hydrogen-bond donors (Lipinski definition) is 3. The maximum atomic E-state index is 13.7. The minimum atomic E-state index is -1.21. The van der Waals surface area contributed by atoms with Gasteiger partial charge in [0, 0.05) is 150 Å². The van der Waals surface area contributed by atoms with E-state index in [0.717, 1.165) is 33.4 Å². The summed E-state index contributed by atoms with van der Waals surface area (Å²) in [4.78, 5) is 162. The molecule has 0 saturated carbocycles. The van der Waals surface area contributed by atoms with Crippen molar-refractivity contribution in [3.05, 3.63) is 214 Å². The van der Waals surface area contributed by atoms with E-state index in [-0.39, 0.29) is 136 Å².